The zero-order valence-electron chi connectivity index (χ0n) is 17.9. The lowest BCUT2D eigenvalue weighted by atomic mass is 9.85. The second-order valence-electron chi connectivity index (χ2n) is 9.65. The Bertz CT molecular complexity index is 628. The predicted molar refractivity (Wildman–Crippen MR) is 109 cm³/mol. The number of ether oxygens (including phenoxy) is 1. The number of likely N-dealkylation sites (tertiary alicyclic amines) is 1. The van der Waals surface area contributed by atoms with Crippen LogP contribution in [0.25, 0.3) is 0 Å². The van der Waals surface area contributed by atoms with Gasteiger partial charge in [0.05, 0.1) is 7.11 Å². The summed E-state index contributed by atoms with van der Waals surface area (Å²) in [5, 5.41) is 0. The van der Waals surface area contributed by atoms with Crippen LogP contribution in [0.15, 0.2) is 18.2 Å². The topological polar surface area (TPSA) is 29.5 Å². The molecule has 2 atom stereocenters. The summed E-state index contributed by atoms with van der Waals surface area (Å²) in [6.45, 7) is 16.4. The van der Waals surface area contributed by atoms with E-state index < -0.39 is 0 Å². The maximum atomic E-state index is 13.3. The number of amides is 1. The highest BCUT2D eigenvalue weighted by molar-refractivity contribution is 5.95. The van der Waals surface area contributed by atoms with Crippen molar-refractivity contribution in [2.75, 3.05) is 13.7 Å². The Morgan fingerprint density at radius 1 is 1.23 bits per heavy atom. The number of carbonyl (C=O) groups is 1. The van der Waals surface area contributed by atoms with Gasteiger partial charge in [-0.15, -0.1) is 0 Å². The van der Waals surface area contributed by atoms with E-state index in [1.165, 1.54) is 0 Å². The van der Waals surface area contributed by atoms with Gasteiger partial charge in [0.25, 0.3) is 5.91 Å². The number of benzene rings is 1. The van der Waals surface area contributed by atoms with Gasteiger partial charge in [0.2, 0.25) is 0 Å². The fourth-order valence-corrected chi connectivity index (χ4v) is 4.06. The second kappa shape index (κ2) is 8.02. The van der Waals surface area contributed by atoms with Crippen LogP contribution in [0.4, 0.5) is 0 Å². The number of carbonyl (C=O) groups excluding carboxylic acids is 1. The van der Waals surface area contributed by atoms with E-state index in [-0.39, 0.29) is 11.3 Å². The van der Waals surface area contributed by atoms with Gasteiger partial charge < -0.3 is 9.64 Å². The van der Waals surface area contributed by atoms with Crippen molar-refractivity contribution in [2.45, 2.75) is 72.8 Å². The molecule has 3 heteroatoms. The minimum atomic E-state index is -0.0104. The quantitative estimate of drug-likeness (QED) is 0.692. The third kappa shape index (κ3) is 4.61. The molecule has 0 N–H and O–H groups in total. The molecule has 0 aromatic heterocycles. The molecule has 1 aliphatic rings. The fourth-order valence-electron chi connectivity index (χ4n) is 4.06. The molecule has 3 nitrogen and oxygen atoms in total. The molecule has 2 rings (SSSR count). The largest absolute Gasteiger partial charge is 0.496 e. The van der Waals surface area contributed by atoms with E-state index >= 15 is 0 Å². The molecule has 0 saturated carbocycles. The lowest BCUT2D eigenvalue weighted by molar-refractivity contribution is 0.0715. The first-order valence-electron chi connectivity index (χ1n) is 10.0. The fraction of sp³-hybridized carbons (Fsp3) is 0.696. The Labute approximate surface area is 160 Å². The van der Waals surface area contributed by atoms with Gasteiger partial charge in [0.15, 0.2) is 0 Å². The first kappa shape index (κ1) is 20.8. The molecule has 0 radical (unpaired) electrons. The first-order valence-corrected chi connectivity index (χ1v) is 10.0. The van der Waals surface area contributed by atoms with E-state index in [2.05, 4.69) is 59.4 Å². The molecule has 0 bridgehead atoms. The molecule has 146 valence electrons. The maximum absolute atomic E-state index is 13.3. The van der Waals surface area contributed by atoms with E-state index in [0.717, 1.165) is 36.3 Å². The van der Waals surface area contributed by atoms with Gasteiger partial charge in [-0.1, -0.05) is 54.5 Å². The van der Waals surface area contributed by atoms with Crippen LogP contribution in [0.2, 0.25) is 0 Å². The van der Waals surface area contributed by atoms with Crippen molar-refractivity contribution < 1.29 is 9.53 Å². The molecule has 2 unspecified atom stereocenters. The highest BCUT2D eigenvalue weighted by atomic mass is 16.5. The average Bonchev–Trinajstić information content (AvgIpc) is 2.96. The Balaban J connectivity index is 2.31. The summed E-state index contributed by atoms with van der Waals surface area (Å²) in [4.78, 5) is 15.4. The standard InChI is InChI=1S/C23H37NO2/c1-15(2)11-19-12-18(16(3)4)14-24(19)22(25)17-9-10-20(23(5,6)7)21(13-17)26-8/h9-10,13,15-16,18-19H,11-12,14H2,1-8H3. The smallest absolute Gasteiger partial charge is 0.254 e. The predicted octanol–water partition coefficient (Wildman–Crippen LogP) is 5.53. The van der Waals surface area contributed by atoms with E-state index in [9.17, 15) is 4.79 Å². The summed E-state index contributed by atoms with van der Waals surface area (Å²) in [6.07, 6.45) is 2.20. The lowest BCUT2D eigenvalue weighted by Crippen LogP contribution is -2.36. The summed E-state index contributed by atoms with van der Waals surface area (Å²) in [7, 11) is 1.69. The van der Waals surface area contributed by atoms with Crippen LogP contribution < -0.4 is 4.74 Å². The molecule has 26 heavy (non-hydrogen) atoms. The summed E-state index contributed by atoms with van der Waals surface area (Å²) in [5.74, 6) is 2.76. The van der Waals surface area contributed by atoms with Crippen LogP contribution in [0, 0.1) is 17.8 Å². The molecular weight excluding hydrogens is 322 g/mol. The Morgan fingerprint density at radius 2 is 1.88 bits per heavy atom. The third-order valence-electron chi connectivity index (χ3n) is 5.65. The van der Waals surface area contributed by atoms with Crippen molar-refractivity contribution in [1.82, 2.24) is 4.90 Å². The van der Waals surface area contributed by atoms with Crippen LogP contribution >= 0.6 is 0 Å². The highest BCUT2D eigenvalue weighted by Crippen LogP contribution is 2.35. The minimum absolute atomic E-state index is 0.0104. The third-order valence-corrected chi connectivity index (χ3v) is 5.65. The van der Waals surface area contributed by atoms with Gasteiger partial charge in [-0.05, 0) is 53.7 Å². The summed E-state index contributed by atoms with van der Waals surface area (Å²) in [5.41, 5.74) is 1.87. The molecule has 1 amide bonds. The number of rotatable bonds is 5. The van der Waals surface area contributed by atoms with E-state index in [4.69, 9.17) is 4.74 Å². The molecule has 1 fully saturated rings. The normalized spacial score (nSPS) is 20.9. The van der Waals surface area contributed by atoms with Crippen molar-refractivity contribution in [2.24, 2.45) is 17.8 Å². The van der Waals surface area contributed by atoms with Gasteiger partial charge in [0, 0.05) is 18.2 Å². The van der Waals surface area contributed by atoms with Crippen LogP contribution in [-0.2, 0) is 5.41 Å². The average molecular weight is 360 g/mol. The lowest BCUT2D eigenvalue weighted by Gasteiger charge is -2.27. The Hall–Kier alpha value is -1.51. The molecular formula is C23H37NO2. The van der Waals surface area contributed by atoms with Crippen LogP contribution in [0.5, 0.6) is 5.75 Å². The Kier molecular flexibility index (Phi) is 6.42. The number of hydrogen-bond donors (Lipinski definition) is 0. The van der Waals surface area contributed by atoms with Gasteiger partial charge in [-0.3, -0.25) is 4.79 Å². The van der Waals surface area contributed by atoms with Crippen LogP contribution in [-0.4, -0.2) is 30.5 Å². The summed E-state index contributed by atoms with van der Waals surface area (Å²) < 4.78 is 5.61. The molecule has 1 aliphatic heterocycles. The number of hydrogen-bond acceptors (Lipinski definition) is 2. The van der Waals surface area contributed by atoms with Crippen molar-refractivity contribution >= 4 is 5.91 Å². The minimum Gasteiger partial charge on any atom is -0.496 e. The van der Waals surface area contributed by atoms with E-state index in [1.807, 2.05) is 12.1 Å². The second-order valence-corrected chi connectivity index (χ2v) is 9.65. The van der Waals surface area contributed by atoms with Crippen molar-refractivity contribution in [3.63, 3.8) is 0 Å². The van der Waals surface area contributed by atoms with Crippen molar-refractivity contribution in [3.8, 4) is 5.75 Å². The zero-order chi connectivity index (χ0) is 19.6. The maximum Gasteiger partial charge on any atom is 0.254 e. The Morgan fingerprint density at radius 3 is 2.38 bits per heavy atom. The van der Waals surface area contributed by atoms with E-state index in [0.29, 0.717) is 23.8 Å². The molecule has 1 aromatic carbocycles. The van der Waals surface area contributed by atoms with Crippen molar-refractivity contribution in [3.05, 3.63) is 29.3 Å². The molecule has 1 saturated heterocycles. The SMILES string of the molecule is COc1cc(C(=O)N2CC(C(C)C)CC2CC(C)C)ccc1C(C)(C)C. The molecule has 0 aliphatic carbocycles. The van der Waals surface area contributed by atoms with E-state index in [1.54, 1.807) is 7.11 Å². The number of methoxy groups -OCH3 is 1. The molecule has 1 heterocycles. The van der Waals surface area contributed by atoms with Crippen molar-refractivity contribution in [1.29, 1.82) is 0 Å². The van der Waals surface area contributed by atoms with Crippen LogP contribution in [0.3, 0.4) is 0 Å². The summed E-state index contributed by atoms with van der Waals surface area (Å²) >= 11 is 0. The first-order chi connectivity index (χ1) is 12.0. The van der Waals surface area contributed by atoms with Gasteiger partial charge in [-0.25, -0.2) is 0 Å². The molecule has 1 aromatic rings. The monoisotopic (exact) mass is 359 g/mol. The van der Waals surface area contributed by atoms with Gasteiger partial charge in [0.1, 0.15) is 5.75 Å². The van der Waals surface area contributed by atoms with Gasteiger partial charge >= 0.3 is 0 Å². The van der Waals surface area contributed by atoms with Crippen LogP contribution in [0.1, 0.15) is 77.2 Å². The highest BCUT2D eigenvalue weighted by Gasteiger charge is 2.37. The van der Waals surface area contributed by atoms with Gasteiger partial charge in [-0.2, -0.15) is 0 Å². The summed E-state index contributed by atoms with van der Waals surface area (Å²) in [6, 6.07) is 6.31. The number of nitrogens with zero attached hydrogens (tertiary/aromatic N) is 1. The molecule has 0 spiro atoms. The zero-order valence-corrected chi connectivity index (χ0v) is 17.9.